The second kappa shape index (κ2) is 8.31. The summed E-state index contributed by atoms with van der Waals surface area (Å²) in [5.74, 6) is 2.11. The molecular weight excluding hydrogens is 374 g/mol. The van der Waals surface area contributed by atoms with Crippen molar-refractivity contribution in [3.63, 3.8) is 0 Å². The number of hydrogen-bond acceptors (Lipinski definition) is 5. The molecule has 2 bridgehead atoms. The lowest BCUT2D eigenvalue weighted by Crippen LogP contribution is -2.31. The monoisotopic (exact) mass is 409 g/mol. The third kappa shape index (κ3) is 3.87. The molecule has 2 aromatic heterocycles. The fraction of sp³-hybridized carbons (Fsp3) is 0.667. The maximum absolute atomic E-state index is 5.26. The Bertz CT molecular complexity index is 927. The summed E-state index contributed by atoms with van der Waals surface area (Å²) >= 11 is 0. The van der Waals surface area contributed by atoms with Crippen molar-refractivity contribution in [3.05, 3.63) is 29.6 Å². The van der Waals surface area contributed by atoms with Gasteiger partial charge in [0.15, 0.2) is 0 Å². The van der Waals surface area contributed by atoms with E-state index in [2.05, 4.69) is 46.1 Å². The highest BCUT2D eigenvalue weighted by atomic mass is 16.5. The molecule has 0 aromatic carbocycles. The normalized spacial score (nSPS) is 29.8. The Morgan fingerprint density at radius 2 is 2.07 bits per heavy atom. The van der Waals surface area contributed by atoms with Crippen LogP contribution in [0.5, 0.6) is 0 Å². The van der Waals surface area contributed by atoms with Gasteiger partial charge in [-0.05, 0) is 56.6 Å². The number of ether oxygens (including phenoxy) is 1. The molecule has 1 aliphatic carbocycles. The fourth-order valence-electron chi connectivity index (χ4n) is 5.62. The van der Waals surface area contributed by atoms with Crippen molar-refractivity contribution in [3.8, 4) is 0 Å². The van der Waals surface area contributed by atoms with Gasteiger partial charge < -0.3 is 15.4 Å². The van der Waals surface area contributed by atoms with Crippen LogP contribution in [-0.2, 0) is 4.74 Å². The van der Waals surface area contributed by atoms with E-state index in [0.29, 0.717) is 30.6 Å². The molecule has 2 aliphatic heterocycles. The van der Waals surface area contributed by atoms with Crippen LogP contribution < -0.4 is 10.6 Å². The van der Waals surface area contributed by atoms with Crippen LogP contribution in [0.2, 0.25) is 0 Å². The van der Waals surface area contributed by atoms with Crippen molar-refractivity contribution >= 4 is 17.0 Å². The molecule has 1 saturated carbocycles. The molecule has 6 nitrogen and oxygen atoms in total. The number of anilines is 1. The van der Waals surface area contributed by atoms with Gasteiger partial charge in [-0.2, -0.15) is 0 Å². The Morgan fingerprint density at radius 1 is 1.23 bits per heavy atom. The average Bonchev–Trinajstić information content (AvgIpc) is 3.28. The highest BCUT2D eigenvalue weighted by Crippen LogP contribution is 2.40. The van der Waals surface area contributed by atoms with E-state index in [1.807, 2.05) is 6.20 Å². The van der Waals surface area contributed by atoms with Crippen LogP contribution >= 0.6 is 0 Å². The molecule has 0 spiro atoms. The number of rotatable bonds is 6. The van der Waals surface area contributed by atoms with Gasteiger partial charge in [-0.15, -0.1) is 5.10 Å². The Hall–Kier alpha value is -1.92. The van der Waals surface area contributed by atoms with E-state index in [-0.39, 0.29) is 6.04 Å². The summed E-state index contributed by atoms with van der Waals surface area (Å²) in [5.41, 5.74) is 5.34. The van der Waals surface area contributed by atoms with Crippen molar-refractivity contribution in [2.24, 2.45) is 5.92 Å². The third-order valence-electron chi connectivity index (χ3n) is 7.26. The van der Waals surface area contributed by atoms with Gasteiger partial charge in [0.25, 0.3) is 0 Å². The summed E-state index contributed by atoms with van der Waals surface area (Å²) in [6.07, 6.45) is 13.3. The molecule has 5 rings (SSSR count). The second-order valence-electron chi connectivity index (χ2n) is 9.76. The molecule has 3 aliphatic rings. The molecular formula is C24H35N5O. The van der Waals surface area contributed by atoms with E-state index >= 15 is 0 Å². The number of nitrogens with one attached hydrogen (secondary N) is 2. The van der Waals surface area contributed by atoms with Crippen LogP contribution in [0.3, 0.4) is 0 Å². The number of hydrogen-bond donors (Lipinski definition) is 2. The molecule has 6 heteroatoms. The number of fused-ring (bicyclic) bond motifs is 3. The molecule has 3 atom stereocenters. The third-order valence-corrected chi connectivity index (χ3v) is 7.26. The Balaban J connectivity index is 1.54. The van der Waals surface area contributed by atoms with Crippen LogP contribution in [0, 0.1) is 5.92 Å². The summed E-state index contributed by atoms with van der Waals surface area (Å²) in [5, 5.41) is 12.1. The molecule has 2 N–H and O–H groups in total. The zero-order valence-corrected chi connectivity index (χ0v) is 18.5. The van der Waals surface area contributed by atoms with E-state index in [9.17, 15) is 0 Å². The van der Waals surface area contributed by atoms with Crippen molar-refractivity contribution in [2.45, 2.75) is 82.8 Å². The first-order valence-electron chi connectivity index (χ1n) is 11.7. The topological polar surface area (TPSA) is 63.5 Å². The summed E-state index contributed by atoms with van der Waals surface area (Å²) in [6, 6.07) is 3.76. The first-order valence-corrected chi connectivity index (χ1v) is 11.7. The highest BCUT2D eigenvalue weighted by Gasteiger charge is 2.31. The van der Waals surface area contributed by atoms with E-state index in [1.165, 1.54) is 55.4 Å². The van der Waals surface area contributed by atoms with Gasteiger partial charge in [0.1, 0.15) is 0 Å². The van der Waals surface area contributed by atoms with Gasteiger partial charge in [-0.25, -0.2) is 9.50 Å². The summed E-state index contributed by atoms with van der Waals surface area (Å²) in [4.78, 5) is 4.67. The number of aromatic nitrogens is 3. The molecule has 4 heterocycles. The molecule has 0 unspecified atom stereocenters. The smallest absolute Gasteiger partial charge is 0.241 e. The second-order valence-corrected chi connectivity index (χ2v) is 9.76. The maximum atomic E-state index is 5.26. The summed E-state index contributed by atoms with van der Waals surface area (Å²) in [7, 11) is 1.72. The predicted octanol–water partition coefficient (Wildman–Crippen LogP) is 4.38. The SMILES string of the molecule is COC[C@H](C)Nc1ncc2c(C3=C[C@@H]4CC[C@H](C3)N4)cc(C3CCC(C)CC3)n2n1. The van der Waals surface area contributed by atoms with Crippen LogP contribution in [0.4, 0.5) is 5.95 Å². The summed E-state index contributed by atoms with van der Waals surface area (Å²) in [6.45, 7) is 5.11. The van der Waals surface area contributed by atoms with E-state index in [4.69, 9.17) is 9.84 Å². The minimum Gasteiger partial charge on any atom is -0.383 e. The lowest BCUT2D eigenvalue weighted by molar-refractivity contribution is 0.190. The first kappa shape index (κ1) is 20.0. The van der Waals surface area contributed by atoms with Crippen LogP contribution in [-0.4, -0.2) is 46.4 Å². The quantitative estimate of drug-likeness (QED) is 0.741. The van der Waals surface area contributed by atoms with Gasteiger partial charge in [0, 0.05) is 42.4 Å². The van der Waals surface area contributed by atoms with Crippen LogP contribution in [0.1, 0.15) is 76.0 Å². The highest BCUT2D eigenvalue weighted by molar-refractivity contribution is 5.80. The molecule has 30 heavy (non-hydrogen) atoms. The van der Waals surface area contributed by atoms with E-state index in [0.717, 1.165) is 17.9 Å². The average molecular weight is 410 g/mol. The van der Waals surface area contributed by atoms with Crippen molar-refractivity contribution in [1.29, 1.82) is 0 Å². The maximum Gasteiger partial charge on any atom is 0.241 e. The van der Waals surface area contributed by atoms with Gasteiger partial charge in [0.2, 0.25) is 5.95 Å². The molecule has 0 amide bonds. The lowest BCUT2D eigenvalue weighted by Gasteiger charge is -2.26. The molecule has 162 valence electrons. The molecule has 1 saturated heterocycles. The fourth-order valence-corrected chi connectivity index (χ4v) is 5.62. The van der Waals surface area contributed by atoms with Crippen molar-refractivity contribution in [2.75, 3.05) is 19.0 Å². The number of methoxy groups -OCH3 is 1. The van der Waals surface area contributed by atoms with Gasteiger partial charge in [0.05, 0.1) is 18.3 Å². The van der Waals surface area contributed by atoms with E-state index in [1.54, 1.807) is 7.11 Å². The molecule has 0 radical (unpaired) electrons. The van der Waals surface area contributed by atoms with Crippen molar-refractivity contribution in [1.82, 2.24) is 19.9 Å². The molecule has 2 fully saturated rings. The molecule has 2 aromatic rings. The first-order chi connectivity index (χ1) is 14.6. The van der Waals surface area contributed by atoms with E-state index < -0.39 is 0 Å². The largest absolute Gasteiger partial charge is 0.383 e. The Morgan fingerprint density at radius 3 is 2.83 bits per heavy atom. The Labute approximate surface area is 179 Å². The lowest BCUT2D eigenvalue weighted by atomic mass is 9.81. The van der Waals surface area contributed by atoms with Gasteiger partial charge >= 0.3 is 0 Å². The zero-order valence-electron chi connectivity index (χ0n) is 18.5. The van der Waals surface area contributed by atoms with Gasteiger partial charge in [-0.1, -0.05) is 25.8 Å². The zero-order chi connectivity index (χ0) is 20.7. The number of nitrogens with zero attached hydrogens (tertiary/aromatic N) is 3. The summed E-state index contributed by atoms with van der Waals surface area (Å²) < 4.78 is 7.45. The standard InChI is InChI=1S/C24H35N5O/c1-15-4-6-17(7-5-15)22-12-21(18-10-19-8-9-20(11-18)27-19)23-13-25-24(28-29(22)23)26-16(2)14-30-3/h10,12-13,15-17,19-20,27H,4-9,11,14H2,1-3H3,(H,26,28)/t15?,16-,17?,19-,20+/m0/s1. The minimum atomic E-state index is 0.171. The van der Waals surface area contributed by atoms with Crippen LogP contribution in [0.15, 0.2) is 18.3 Å². The predicted molar refractivity (Wildman–Crippen MR) is 121 cm³/mol. The minimum absolute atomic E-state index is 0.171. The van der Waals surface area contributed by atoms with Crippen LogP contribution in [0.25, 0.3) is 11.1 Å². The Kier molecular flexibility index (Phi) is 5.54. The van der Waals surface area contributed by atoms with Gasteiger partial charge in [-0.3, -0.25) is 0 Å². The van der Waals surface area contributed by atoms with Crippen molar-refractivity contribution < 1.29 is 4.74 Å².